The molecule has 0 aliphatic heterocycles. The van der Waals surface area contributed by atoms with E-state index in [1.807, 2.05) is 12.5 Å². The molecule has 9 heteroatoms. The number of carboxylic acid groups (broad SMARTS) is 1. The van der Waals surface area contributed by atoms with Crippen molar-refractivity contribution in [1.29, 1.82) is 0 Å². The van der Waals surface area contributed by atoms with Gasteiger partial charge in [-0.2, -0.15) is 0 Å². The molecule has 180 valence electrons. The van der Waals surface area contributed by atoms with Crippen LogP contribution in [-0.2, 0) is 25.5 Å². The van der Waals surface area contributed by atoms with Crippen LogP contribution in [0, 0.1) is 17.3 Å². The second-order valence-corrected chi connectivity index (χ2v) is 9.77. The zero-order chi connectivity index (χ0) is 23.7. The minimum absolute atomic E-state index is 0.268. The highest BCUT2D eigenvalue weighted by Gasteiger charge is 2.24. The molecule has 1 saturated carbocycles. The van der Waals surface area contributed by atoms with Gasteiger partial charge >= 0.3 is 18.0 Å². The van der Waals surface area contributed by atoms with Crippen molar-refractivity contribution in [2.24, 2.45) is 17.3 Å². The third kappa shape index (κ3) is 8.51. The molecule has 0 spiro atoms. The topological polar surface area (TPSA) is 120 Å². The van der Waals surface area contributed by atoms with Crippen LogP contribution in [-0.4, -0.2) is 46.0 Å². The third-order valence-electron chi connectivity index (χ3n) is 5.86. The van der Waals surface area contributed by atoms with Gasteiger partial charge in [-0.15, -0.1) is 0 Å². The van der Waals surface area contributed by atoms with Crippen molar-refractivity contribution in [3.8, 4) is 0 Å². The molecule has 0 bridgehead atoms. The van der Waals surface area contributed by atoms with E-state index in [9.17, 15) is 19.5 Å². The molecule has 1 amide bonds. The predicted molar refractivity (Wildman–Crippen MR) is 118 cm³/mol. The van der Waals surface area contributed by atoms with Crippen molar-refractivity contribution in [3.63, 3.8) is 0 Å². The van der Waals surface area contributed by atoms with Gasteiger partial charge in [-0.25, -0.2) is 9.78 Å². The number of hydrogen-bond donors (Lipinski definition) is 2. The summed E-state index contributed by atoms with van der Waals surface area (Å²) in [6.07, 6.45) is 9.03. The van der Waals surface area contributed by atoms with Gasteiger partial charge in [0, 0.05) is 25.2 Å². The lowest BCUT2D eigenvalue weighted by molar-refractivity contribution is -0.161. The first kappa shape index (κ1) is 25.7. The van der Waals surface area contributed by atoms with E-state index in [0.717, 1.165) is 24.5 Å². The first-order valence-electron chi connectivity index (χ1n) is 11.4. The van der Waals surface area contributed by atoms with Gasteiger partial charge in [0.05, 0.1) is 23.4 Å². The molecule has 9 nitrogen and oxygen atoms in total. The lowest BCUT2D eigenvalue weighted by Crippen LogP contribution is -2.29. The molecule has 0 unspecified atom stereocenters. The van der Waals surface area contributed by atoms with E-state index in [1.54, 1.807) is 20.8 Å². The number of nitrogens with one attached hydrogen (secondary N) is 1. The maximum atomic E-state index is 11.7. The van der Waals surface area contributed by atoms with Gasteiger partial charge in [0.25, 0.3) is 0 Å². The summed E-state index contributed by atoms with van der Waals surface area (Å²) in [6, 6.07) is 0.452. The standard InChI is InChI=1S/C23H37N3O6/c1-16-7-9-19(10-8-16)26-13-18(25-14-26)12-17(20(27)28)6-5-11-24-22(30)32-15-31-21(29)23(2,3)4/h13-14,16-17,19H,5-12,15H2,1-4H3,(H,24,30)(H,27,28)/t16?,17-,19?/m0/s1. The summed E-state index contributed by atoms with van der Waals surface area (Å²) in [7, 11) is 0. The predicted octanol–water partition coefficient (Wildman–Crippen LogP) is 3.93. The quantitative estimate of drug-likeness (QED) is 0.314. The Balaban J connectivity index is 1.69. The Hall–Kier alpha value is -2.58. The normalized spacial score (nSPS) is 19.8. The summed E-state index contributed by atoms with van der Waals surface area (Å²) < 4.78 is 11.8. The van der Waals surface area contributed by atoms with E-state index in [0.29, 0.717) is 25.3 Å². The molecule has 2 rings (SSSR count). The largest absolute Gasteiger partial charge is 0.481 e. The highest BCUT2D eigenvalue weighted by molar-refractivity contribution is 5.75. The fourth-order valence-corrected chi connectivity index (χ4v) is 3.73. The molecule has 0 saturated heterocycles. The number of carbonyl (C=O) groups is 3. The number of ether oxygens (including phenoxy) is 2. The van der Waals surface area contributed by atoms with Crippen LogP contribution < -0.4 is 5.32 Å². The van der Waals surface area contributed by atoms with E-state index in [2.05, 4.69) is 21.8 Å². The average molecular weight is 452 g/mol. The third-order valence-corrected chi connectivity index (χ3v) is 5.86. The molecule has 1 aliphatic carbocycles. The number of aromatic nitrogens is 2. The molecule has 1 fully saturated rings. The first-order valence-corrected chi connectivity index (χ1v) is 11.4. The minimum atomic E-state index is -0.872. The van der Waals surface area contributed by atoms with Crippen LogP contribution in [0.15, 0.2) is 12.5 Å². The molecule has 32 heavy (non-hydrogen) atoms. The fraction of sp³-hybridized carbons (Fsp3) is 0.739. The molecular formula is C23H37N3O6. The second-order valence-electron chi connectivity index (χ2n) is 9.77. The van der Waals surface area contributed by atoms with Crippen LogP contribution in [0.25, 0.3) is 0 Å². The van der Waals surface area contributed by atoms with Gasteiger partial charge in [-0.3, -0.25) is 9.59 Å². The van der Waals surface area contributed by atoms with Crippen LogP contribution in [0.4, 0.5) is 4.79 Å². The maximum absolute atomic E-state index is 11.7. The average Bonchev–Trinajstić information content (AvgIpc) is 3.18. The second kappa shape index (κ2) is 11.9. The Bertz CT molecular complexity index is 762. The number of carbonyl (C=O) groups excluding carboxylic acids is 2. The molecule has 1 heterocycles. The molecule has 1 atom stereocenters. The van der Waals surface area contributed by atoms with Crippen molar-refractivity contribution < 1.29 is 29.0 Å². The molecular weight excluding hydrogens is 414 g/mol. The number of hydrogen-bond acceptors (Lipinski definition) is 6. The number of imidazole rings is 1. The summed E-state index contributed by atoms with van der Waals surface area (Å²) in [5.41, 5.74) is 0.111. The minimum Gasteiger partial charge on any atom is -0.481 e. The van der Waals surface area contributed by atoms with E-state index in [4.69, 9.17) is 9.47 Å². The van der Waals surface area contributed by atoms with Crippen molar-refractivity contribution in [2.45, 2.75) is 78.7 Å². The Morgan fingerprint density at radius 1 is 1.22 bits per heavy atom. The first-order chi connectivity index (χ1) is 15.1. The van der Waals surface area contributed by atoms with Crippen LogP contribution in [0.3, 0.4) is 0 Å². The molecule has 1 aliphatic rings. The molecule has 1 aromatic rings. The highest BCUT2D eigenvalue weighted by Crippen LogP contribution is 2.32. The number of nitrogens with zero attached hydrogens (tertiary/aromatic N) is 2. The van der Waals surface area contributed by atoms with Crippen molar-refractivity contribution in [2.75, 3.05) is 13.3 Å². The lowest BCUT2D eigenvalue weighted by Gasteiger charge is -2.26. The van der Waals surface area contributed by atoms with Gasteiger partial charge in [0.1, 0.15) is 0 Å². The molecule has 2 N–H and O–H groups in total. The molecule has 0 aromatic carbocycles. The highest BCUT2D eigenvalue weighted by atomic mass is 16.7. The molecule has 0 radical (unpaired) electrons. The van der Waals surface area contributed by atoms with E-state index < -0.39 is 36.2 Å². The van der Waals surface area contributed by atoms with Gasteiger partial charge in [-0.05, 0) is 65.2 Å². The Morgan fingerprint density at radius 2 is 1.91 bits per heavy atom. The SMILES string of the molecule is CC1CCC(n2cnc(C[C@H](CCCNC(=O)OCOC(=O)C(C)(C)C)C(=O)O)c2)CC1. The van der Waals surface area contributed by atoms with Crippen molar-refractivity contribution in [3.05, 3.63) is 18.2 Å². The number of alkyl carbamates (subject to hydrolysis) is 1. The number of esters is 1. The van der Waals surface area contributed by atoms with Gasteiger partial charge in [-0.1, -0.05) is 6.92 Å². The van der Waals surface area contributed by atoms with Crippen LogP contribution in [0.5, 0.6) is 0 Å². The zero-order valence-electron chi connectivity index (χ0n) is 19.6. The van der Waals surface area contributed by atoms with Crippen LogP contribution in [0.2, 0.25) is 0 Å². The van der Waals surface area contributed by atoms with Crippen LogP contribution in [0.1, 0.15) is 78.0 Å². The maximum Gasteiger partial charge on any atom is 0.410 e. The zero-order valence-corrected chi connectivity index (χ0v) is 19.6. The Morgan fingerprint density at radius 3 is 2.53 bits per heavy atom. The van der Waals surface area contributed by atoms with E-state index in [-0.39, 0.29) is 6.54 Å². The number of aliphatic carboxylic acids is 1. The fourth-order valence-electron chi connectivity index (χ4n) is 3.73. The van der Waals surface area contributed by atoms with Crippen LogP contribution >= 0.6 is 0 Å². The smallest absolute Gasteiger partial charge is 0.410 e. The van der Waals surface area contributed by atoms with Gasteiger partial charge < -0.3 is 24.5 Å². The lowest BCUT2D eigenvalue weighted by atomic mass is 9.87. The summed E-state index contributed by atoms with van der Waals surface area (Å²) in [4.78, 5) is 39.4. The van der Waals surface area contributed by atoms with Crippen molar-refractivity contribution in [1.82, 2.24) is 14.9 Å². The number of amides is 1. The summed E-state index contributed by atoms with van der Waals surface area (Å²) >= 11 is 0. The van der Waals surface area contributed by atoms with Gasteiger partial charge in [0.2, 0.25) is 6.79 Å². The molecule has 1 aromatic heterocycles. The number of rotatable bonds is 10. The summed E-state index contributed by atoms with van der Waals surface area (Å²) in [5, 5.41) is 12.1. The van der Waals surface area contributed by atoms with Gasteiger partial charge in [0.15, 0.2) is 0 Å². The monoisotopic (exact) mass is 451 g/mol. The van der Waals surface area contributed by atoms with Crippen molar-refractivity contribution >= 4 is 18.0 Å². The summed E-state index contributed by atoms with van der Waals surface area (Å²) in [6.45, 7) is 7.20. The Labute approximate surface area is 189 Å². The summed E-state index contributed by atoms with van der Waals surface area (Å²) in [5.74, 6) is -1.14. The van der Waals surface area contributed by atoms with E-state index >= 15 is 0 Å². The van der Waals surface area contributed by atoms with E-state index in [1.165, 1.54) is 12.8 Å². The Kier molecular flexibility index (Phi) is 9.53. The number of carboxylic acids is 1.